The molecule has 1 atom stereocenters. The molecule has 1 rings (SSSR count). The number of ether oxygens (including phenoxy) is 1. The summed E-state index contributed by atoms with van der Waals surface area (Å²) in [4.78, 5) is 11.2. The molecule has 1 aromatic rings. The first-order valence-corrected chi connectivity index (χ1v) is 5.47. The van der Waals surface area contributed by atoms with Crippen LogP contribution < -0.4 is 10.1 Å². The Morgan fingerprint density at radius 3 is 2.33 bits per heavy atom. The maximum absolute atomic E-state index is 11.9. The summed E-state index contributed by atoms with van der Waals surface area (Å²) in [5, 5.41) is 2.71. The molecule has 0 saturated carbocycles. The summed E-state index contributed by atoms with van der Waals surface area (Å²) in [5.41, 5.74) is 0.714. The molecule has 0 aliphatic heterocycles. The molecule has 0 aliphatic rings. The second kappa shape index (κ2) is 5.75. The molecule has 0 bridgehead atoms. The maximum atomic E-state index is 11.9. The molecule has 1 amide bonds. The van der Waals surface area contributed by atoms with Gasteiger partial charge >= 0.3 is 6.36 Å². The molecule has 1 aromatic carbocycles. The smallest absolute Gasteiger partial charge is 0.406 e. The van der Waals surface area contributed by atoms with Crippen molar-refractivity contribution in [2.75, 3.05) is 0 Å². The van der Waals surface area contributed by atoms with Gasteiger partial charge < -0.3 is 10.1 Å². The van der Waals surface area contributed by atoms with Crippen LogP contribution in [0.2, 0.25) is 0 Å². The Morgan fingerprint density at radius 1 is 1.33 bits per heavy atom. The van der Waals surface area contributed by atoms with E-state index in [1.807, 2.05) is 0 Å². The fourth-order valence-corrected chi connectivity index (χ4v) is 1.39. The number of alkyl halides is 3. The van der Waals surface area contributed by atoms with E-state index in [0.29, 0.717) is 12.0 Å². The zero-order valence-electron chi connectivity index (χ0n) is 10.0. The zero-order valence-corrected chi connectivity index (χ0v) is 10.0. The lowest BCUT2D eigenvalue weighted by atomic mass is 10.1. The van der Waals surface area contributed by atoms with E-state index in [2.05, 4.69) is 10.1 Å². The molecular formula is C12H14F3NO2. The summed E-state index contributed by atoms with van der Waals surface area (Å²) >= 11 is 0. The molecule has 0 fully saturated rings. The van der Waals surface area contributed by atoms with Gasteiger partial charge in [-0.2, -0.15) is 0 Å². The van der Waals surface area contributed by atoms with Crippen molar-refractivity contribution in [2.24, 2.45) is 0 Å². The van der Waals surface area contributed by atoms with Crippen LogP contribution in [0.15, 0.2) is 24.3 Å². The van der Waals surface area contributed by atoms with Gasteiger partial charge in [0.25, 0.3) is 0 Å². The molecule has 6 heteroatoms. The van der Waals surface area contributed by atoms with E-state index in [1.54, 1.807) is 13.8 Å². The van der Waals surface area contributed by atoms with Gasteiger partial charge in [0.05, 0.1) is 6.04 Å². The highest BCUT2D eigenvalue weighted by atomic mass is 19.4. The Kier molecular flexibility index (Phi) is 4.58. The van der Waals surface area contributed by atoms with Crippen molar-refractivity contribution in [1.82, 2.24) is 5.32 Å². The van der Waals surface area contributed by atoms with Crippen molar-refractivity contribution in [3.05, 3.63) is 29.8 Å². The van der Waals surface area contributed by atoms with Gasteiger partial charge in [-0.3, -0.25) is 4.79 Å². The van der Waals surface area contributed by atoms with Crippen molar-refractivity contribution < 1.29 is 22.7 Å². The molecule has 0 radical (unpaired) electrons. The quantitative estimate of drug-likeness (QED) is 0.904. The van der Waals surface area contributed by atoms with E-state index in [0.717, 1.165) is 0 Å². The van der Waals surface area contributed by atoms with E-state index >= 15 is 0 Å². The van der Waals surface area contributed by atoms with Gasteiger partial charge in [0, 0.05) is 6.42 Å². The summed E-state index contributed by atoms with van der Waals surface area (Å²) < 4.78 is 39.6. The SMILES string of the molecule is CCC(=O)NC(C)c1ccc(OC(F)(F)F)cc1. The van der Waals surface area contributed by atoms with Crippen molar-refractivity contribution in [3.8, 4) is 5.75 Å². The van der Waals surface area contributed by atoms with Crippen LogP contribution in [0, 0.1) is 0 Å². The van der Waals surface area contributed by atoms with Crippen molar-refractivity contribution in [1.29, 1.82) is 0 Å². The first-order valence-electron chi connectivity index (χ1n) is 5.47. The van der Waals surface area contributed by atoms with Crippen LogP contribution in [0.5, 0.6) is 5.75 Å². The van der Waals surface area contributed by atoms with Gasteiger partial charge in [-0.1, -0.05) is 19.1 Å². The third kappa shape index (κ3) is 4.65. The normalized spacial score (nSPS) is 12.9. The lowest BCUT2D eigenvalue weighted by Crippen LogP contribution is -2.25. The van der Waals surface area contributed by atoms with Crippen molar-refractivity contribution >= 4 is 5.91 Å². The fraction of sp³-hybridized carbons (Fsp3) is 0.417. The minimum absolute atomic E-state index is 0.113. The van der Waals surface area contributed by atoms with Gasteiger partial charge in [0.2, 0.25) is 5.91 Å². The highest BCUT2D eigenvalue weighted by Gasteiger charge is 2.31. The average molecular weight is 261 g/mol. The van der Waals surface area contributed by atoms with Crippen molar-refractivity contribution in [2.45, 2.75) is 32.7 Å². The lowest BCUT2D eigenvalue weighted by Gasteiger charge is -2.14. The summed E-state index contributed by atoms with van der Waals surface area (Å²) in [5.74, 6) is -0.390. The van der Waals surface area contributed by atoms with Crippen LogP contribution in [0.4, 0.5) is 13.2 Å². The number of benzene rings is 1. The minimum atomic E-state index is -4.69. The molecule has 3 nitrogen and oxygen atoms in total. The topological polar surface area (TPSA) is 38.3 Å². The van der Waals surface area contributed by atoms with E-state index in [1.165, 1.54) is 24.3 Å². The largest absolute Gasteiger partial charge is 0.573 e. The highest BCUT2D eigenvalue weighted by molar-refractivity contribution is 5.75. The van der Waals surface area contributed by atoms with Gasteiger partial charge in [0.1, 0.15) is 5.75 Å². The number of hydrogen-bond donors (Lipinski definition) is 1. The predicted octanol–water partition coefficient (Wildman–Crippen LogP) is 3.17. The minimum Gasteiger partial charge on any atom is -0.406 e. The van der Waals surface area contributed by atoms with Gasteiger partial charge in [-0.25, -0.2) is 0 Å². The average Bonchev–Trinajstić information content (AvgIpc) is 2.27. The fourth-order valence-electron chi connectivity index (χ4n) is 1.39. The van der Waals surface area contributed by atoms with Gasteiger partial charge in [-0.15, -0.1) is 13.2 Å². The van der Waals surface area contributed by atoms with E-state index in [4.69, 9.17) is 0 Å². The van der Waals surface area contributed by atoms with E-state index in [-0.39, 0.29) is 17.7 Å². The molecule has 18 heavy (non-hydrogen) atoms. The van der Waals surface area contributed by atoms with Crippen LogP contribution in [0.3, 0.4) is 0 Å². The number of amides is 1. The van der Waals surface area contributed by atoms with Crippen LogP contribution in [0.25, 0.3) is 0 Å². The number of carbonyl (C=O) groups excluding carboxylic acids is 1. The molecule has 1 N–H and O–H groups in total. The molecule has 0 heterocycles. The monoisotopic (exact) mass is 261 g/mol. The summed E-state index contributed by atoms with van der Waals surface area (Å²) in [6.07, 6.45) is -4.33. The van der Waals surface area contributed by atoms with Crippen LogP contribution >= 0.6 is 0 Å². The Balaban J connectivity index is 2.67. The summed E-state index contributed by atoms with van der Waals surface area (Å²) in [6.45, 7) is 3.48. The second-order valence-corrected chi connectivity index (χ2v) is 3.76. The third-order valence-electron chi connectivity index (χ3n) is 2.31. The molecule has 1 unspecified atom stereocenters. The zero-order chi connectivity index (χ0) is 13.8. The van der Waals surface area contributed by atoms with E-state index in [9.17, 15) is 18.0 Å². The molecule has 0 aromatic heterocycles. The Bertz CT molecular complexity index is 401. The lowest BCUT2D eigenvalue weighted by molar-refractivity contribution is -0.274. The maximum Gasteiger partial charge on any atom is 0.573 e. The molecule has 100 valence electrons. The van der Waals surface area contributed by atoms with Crippen molar-refractivity contribution in [3.63, 3.8) is 0 Å². The van der Waals surface area contributed by atoms with Gasteiger partial charge in [0.15, 0.2) is 0 Å². The van der Waals surface area contributed by atoms with Crippen LogP contribution in [-0.4, -0.2) is 12.3 Å². The Morgan fingerprint density at radius 2 is 1.89 bits per heavy atom. The highest BCUT2D eigenvalue weighted by Crippen LogP contribution is 2.24. The first kappa shape index (κ1) is 14.3. The number of nitrogens with one attached hydrogen (secondary N) is 1. The first-order chi connectivity index (χ1) is 8.31. The molecule has 0 spiro atoms. The third-order valence-corrected chi connectivity index (χ3v) is 2.31. The molecule has 0 saturated heterocycles. The van der Waals surface area contributed by atoms with Gasteiger partial charge in [-0.05, 0) is 24.6 Å². The summed E-state index contributed by atoms with van der Waals surface area (Å²) in [7, 11) is 0. The Labute approximate surface area is 103 Å². The number of rotatable bonds is 4. The Hall–Kier alpha value is -1.72. The van der Waals surface area contributed by atoms with Crippen LogP contribution in [-0.2, 0) is 4.79 Å². The number of halogens is 3. The number of carbonyl (C=O) groups is 1. The standard InChI is InChI=1S/C12H14F3NO2/c1-3-11(17)16-8(2)9-4-6-10(7-5-9)18-12(13,14)15/h4-8H,3H2,1-2H3,(H,16,17). The molecular weight excluding hydrogens is 247 g/mol. The van der Waals surface area contributed by atoms with Crippen LogP contribution in [0.1, 0.15) is 31.9 Å². The van der Waals surface area contributed by atoms with E-state index < -0.39 is 6.36 Å². The summed E-state index contributed by atoms with van der Waals surface area (Å²) in [6, 6.07) is 5.16. The second-order valence-electron chi connectivity index (χ2n) is 3.76. The molecule has 0 aliphatic carbocycles. The predicted molar refractivity (Wildman–Crippen MR) is 60.0 cm³/mol. The number of hydrogen-bond acceptors (Lipinski definition) is 2.